The van der Waals surface area contributed by atoms with E-state index in [9.17, 15) is 4.39 Å². The summed E-state index contributed by atoms with van der Waals surface area (Å²) >= 11 is 0. The van der Waals surface area contributed by atoms with Crippen LogP contribution in [0.4, 0.5) is 4.39 Å². The standard InChI is InChI=1S/C17H28FNO/c1-5-7-8-14(6-2)12-19-13(3)15-9-10-17(20-4)16(18)11-15/h9-11,13-14,19H,5-8,12H2,1-4H3. The molecule has 0 heterocycles. The van der Waals surface area contributed by atoms with Gasteiger partial charge in [-0.25, -0.2) is 4.39 Å². The number of methoxy groups -OCH3 is 1. The quantitative estimate of drug-likeness (QED) is 0.708. The molecule has 0 aromatic heterocycles. The summed E-state index contributed by atoms with van der Waals surface area (Å²) in [5, 5.41) is 3.52. The van der Waals surface area contributed by atoms with Crippen LogP contribution in [0.5, 0.6) is 5.75 Å². The van der Waals surface area contributed by atoms with Gasteiger partial charge < -0.3 is 10.1 Å². The van der Waals surface area contributed by atoms with E-state index in [1.807, 2.05) is 6.07 Å². The highest BCUT2D eigenvalue weighted by Crippen LogP contribution is 2.22. The molecule has 2 unspecified atom stereocenters. The maximum atomic E-state index is 13.7. The summed E-state index contributed by atoms with van der Waals surface area (Å²) in [6.45, 7) is 7.53. The van der Waals surface area contributed by atoms with Gasteiger partial charge in [-0.1, -0.05) is 39.2 Å². The van der Waals surface area contributed by atoms with Crippen molar-refractivity contribution in [1.82, 2.24) is 5.32 Å². The average molecular weight is 281 g/mol. The molecule has 0 spiro atoms. The summed E-state index contributed by atoms with van der Waals surface area (Å²) in [4.78, 5) is 0. The second-order valence-corrected chi connectivity index (χ2v) is 5.44. The summed E-state index contributed by atoms with van der Waals surface area (Å²) < 4.78 is 18.6. The number of hydrogen-bond donors (Lipinski definition) is 1. The molecular weight excluding hydrogens is 253 g/mol. The molecule has 0 fully saturated rings. The molecule has 0 saturated heterocycles. The summed E-state index contributed by atoms with van der Waals surface area (Å²) in [5.41, 5.74) is 0.966. The lowest BCUT2D eigenvalue weighted by Gasteiger charge is -2.20. The van der Waals surface area contributed by atoms with Gasteiger partial charge in [0.15, 0.2) is 11.6 Å². The van der Waals surface area contributed by atoms with Crippen LogP contribution in [0.25, 0.3) is 0 Å². The molecule has 1 N–H and O–H groups in total. The zero-order valence-corrected chi connectivity index (χ0v) is 13.2. The highest BCUT2D eigenvalue weighted by atomic mass is 19.1. The molecule has 0 aliphatic carbocycles. The van der Waals surface area contributed by atoms with E-state index >= 15 is 0 Å². The van der Waals surface area contributed by atoms with E-state index < -0.39 is 0 Å². The van der Waals surface area contributed by atoms with Gasteiger partial charge in [0, 0.05) is 6.04 Å². The fourth-order valence-corrected chi connectivity index (χ4v) is 2.36. The van der Waals surface area contributed by atoms with Crippen LogP contribution in [0.3, 0.4) is 0 Å². The van der Waals surface area contributed by atoms with E-state index in [-0.39, 0.29) is 11.9 Å². The van der Waals surface area contributed by atoms with Crippen LogP contribution in [0, 0.1) is 11.7 Å². The van der Waals surface area contributed by atoms with E-state index in [4.69, 9.17) is 4.74 Å². The smallest absolute Gasteiger partial charge is 0.165 e. The molecule has 0 amide bonds. The van der Waals surface area contributed by atoms with Gasteiger partial charge in [0.05, 0.1) is 7.11 Å². The summed E-state index contributed by atoms with van der Waals surface area (Å²) in [6.07, 6.45) is 4.99. The average Bonchev–Trinajstić information content (AvgIpc) is 2.47. The zero-order chi connectivity index (χ0) is 15.0. The van der Waals surface area contributed by atoms with Crippen molar-refractivity contribution in [3.05, 3.63) is 29.6 Å². The maximum Gasteiger partial charge on any atom is 0.165 e. The molecule has 20 heavy (non-hydrogen) atoms. The van der Waals surface area contributed by atoms with Crippen molar-refractivity contribution < 1.29 is 9.13 Å². The van der Waals surface area contributed by atoms with Crippen LogP contribution in [0.15, 0.2) is 18.2 Å². The lowest BCUT2D eigenvalue weighted by molar-refractivity contribution is 0.383. The highest BCUT2D eigenvalue weighted by molar-refractivity contribution is 5.30. The van der Waals surface area contributed by atoms with Crippen molar-refractivity contribution in [2.24, 2.45) is 5.92 Å². The van der Waals surface area contributed by atoms with E-state index in [1.165, 1.54) is 32.8 Å². The normalized spacial score (nSPS) is 14.1. The zero-order valence-electron chi connectivity index (χ0n) is 13.2. The molecule has 0 bridgehead atoms. The molecule has 1 aromatic rings. The Morgan fingerprint density at radius 3 is 2.60 bits per heavy atom. The number of unbranched alkanes of at least 4 members (excludes halogenated alkanes) is 1. The fraction of sp³-hybridized carbons (Fsp3) is 0.647. The summed E-state index contributed by atoms with van der Waals surface area (Å²) in [7, 11) is 1.49. The minimum absolute atomic E-state index is 0.158. The van der Waals surface area contributed by atoms with Gasteiger partial charge in [0.25, 0.3) is 0 Å². The van der Waals surface area contributed by atoms with Gasteiger partial charge in [-0.2, -0.15) is 0 Å². The number of nitrogens with one attached hydrogen (secondary N) is 1. The number of hydrogen-bond acceptors (Lipinski definition) is 2. The van der Waals surface area contributed by atoms with Gasteiger partial charge >= 0.3 is 0 Å². The van der Waals surface area contributed by atoms with Gasteiger partial charge in [0.1, 0.15) is 0 Å². The van der Waals surface area contributed by atoms with Crippen molar-refractivity contribution >= 4 is 0 Å². The third-order valence-corrected chi connectivity index (χ3v) is 3.93. The predicted molar refractivity (Wildman–Crippen MR) is 82.7 cm³/mol. The Morgan fingerprint density at radius 1 is 1.30 bits per heavy atom. The SMILES string of the molecule is CCCCC(CC)CNC(C)c1ccc(OC)c(F)c1. The van der Waals surface area contributed by atoms with Crippen molar-refractivity contribution in [2.75, 3.05) is 13.7 Å². The molecule has 0 radical (unpaired) electrons. The first kappa shape index (κ1) is 17.0. The number of halogens is 1. The first-order chi connectivity index (χ1) is 9.62. The summed E-state index contributed by atoms with van der Waals surface area (Å²) in [5.74, 6) is 0.715. The van der Waals surface area contributed by atoms with Crippen molar-refractivity contribution in [2.45, 2.75) is 52.5 Å². The van der Waals surface area contributed by atoms with Gasteiger partial charge in [0.2, 0.25) is 0 Å². The van der Waals surface area contributed by atoms with Crippen LogP contribution in [-0.4, -0.2) is 13.7 Å². The van der Waals surface area contributed by atoms with Gasteiger partial charge in [-0.3, -0.25) is 0 Å². The van der Waals surface area contributed by atoms with Gasteiger partial charge in [-0.05, 0) is 43.5 Å². The monoisotopic (exact) mass is 281 g/mol. The Hall–Kier alpha value is -1.09. The minimum atomic E-state index is -0.295. The van der Waals surface area contributed by atoms with E-state index in [1.54, 1.807) is 12.1 Å². The van der Waals surface area contributed by atoms with E-state index in [0.29, 0.717) is 11.7 Å². The lowest BCUT2D eigenvalue weighted by Crippen LogP contribution is -2.25. The Balaban J connectivity index is 2.53. The predicted octanol–water partition coefficient (Wildman–Crippen LogP) is 4.70. The Bertz CT molecular complexity index is 395. The number of benzene rings is 1. The van der Waals surface area contributed by atoms with Crippen LogP contribution < -0.4 is 10.1 Å². The fourth-order valence-electron chi connectivity index (χ4n) is 2.36. The molecule has 0 aliphatic rings. The van der Waals surface area contributed by atoms with E-state index in [2.05, 4.69) is 26.1 Å². The van der Waals surface area contributed by atoms with Crippen LogP contribution in [0.1, 0.15) is 58.1 Å². The molecule has 2 nitrogen and oxygen atoms in total. The van der Waals surface area contributed by atoms with Crippen LogP contribution in [-0.2, 0) is 0 Å². The molecule has 1 aromatic carbocycles. The summed E-state index contributed by atoms with van der Waals surface area (Å²) in [6, 6.07) is 5.33. The lowest BCUT2D eigenvalue weighted by atomic mass is 9.98. The molecule has 0 aliphatic heterocycles. The van der Waals surface area contributed by atoms with Gasteiger partial charge in [-0.15, -0.1) is 0 Å². The topological polar surface area (TPSA) is 21.3 Å². The van der Waals surface area contributed by atoms with Crippen molar-refractivity contribution in [3.63, 3.8) is 0 Å². The Kier molecular flexibility index (Phi) is 7.60. The molecule has 1 rings (SSSR count). The number of ether oxygens (including phenoxy) is 1. The molecule has 3 heteroatoms. The minimum Gasteiger partial charge on any atom is -0.494 e. The van der Waals surface area contributed by atoms with Crippen molar-refractivity contribution in [3.8, 4) is 5.75 Å². The second kappa shape index (κ2) is 8.96. The Morgan fingerprint density at radius 2 is 2.05 bits per heavy atom. The number of rotatable bonds is 9. The van der Waals surface area contributed by atoms with E-state index in [0.717, 1.165) is 12.1 Å². The second-order valence-electron chi connectivity index (χ2n) is 5.44. The molecule has 114 valence electrons. The molecule has 0 saturated carbocycles. The molecular formula is C17H28FNO. The first-order valence-electron chi connectivity index (χ1n) is 7.69. The first-order valence-corrected chi connectivity index (χ1v) is 7.69. The third kappa shape index (κ3) is 5.12. The molecule has 2 atom stereocenters. The van der Waals surface area contributed by atoms with Crippen LogP contribution >= 0.6 is 0 Å². The largest absolute Gasteiger partial charge is 0.494 e. The Labute approximate surface area is 122 Å². The van der Waals surface area contributed by atoms with Crippen molar-refractivity contribution in [1.29, 1.82) is 0 Å². The third-order valence-electron chi connectivity index (χ3n) is 3.93. The maximum absolute atomic E-state index is 13.7. The van der Waals surface area contributed by atoms with Crippen LogP contribution in [0.2, 0.25) is 0 Å². The highest BCUT2D eigenvalue weighted by Gasteiger charge is 2.11.